The van der Waals surface area contributed by atoms with Gasteiger partial charge in [0.05, 0.1) is 11.5 Å². The predicted octanol–water partition coefficient (Wildman–Crippen LogP) is 1.60. The first-order valence-corrected chi connectivity index (χ1v) is 5.52. The van der Waals surface area contributed by atoms with Gasteiger partial charge in [-0.1, -0.05) is 25.1 Å². The molecule has 0 unspecified atom stereocenters. The van der Waals surface area contributed by atoms with Crippen LogP contribution in [-0.2, 0) is 0 Å². The summed E-state index contributed by atoms with van der Waals surface area (Å²) in [5, 5.41) is 20.5. The molecule has 2 N–H and O–H groups in total. The van der Waals surface area contributed by atoms with Gasteiger partial charge in [0.2, 0.25) is 0 Å². The topological polar surface area (TPSA) is 70.7 Å². The summed E-state index contributed by atoms with van der Waals surface area (Å²) < 4.78 is 5.01. The number of aliphatic hydroxyl groups excluding tert-OH is 2. The van der Waals surface area contributed by atoms with E-state index in [-0.39, 0.29) is 5.76 Å². The number of fused-ring (bicyclic) bond motifs is 1. The summed E-state index contributed by atoms with van der Waals surface area (Å²) in [6.07, 6.45) is -1.71. The fraction of sp³-hybridized carbons (Fsp3) is 0.308. The highest BCUT2D eigenvalue weighted by Crippen LogP contribution is 2.21. The Morgan fingerprint density at radius 2 is 2.00 bits per heavy atom. The minimum atomic E-state index is -1.17. The Morgan fingerprint density at radius 3 is 2.71 bits per heavy atom. The standard InChI is InChI=1S/C13H14O4/c1-2-10(14)12(15)11-7-8-5-3-4-6-9(8)13(16)17-11/h3-7,10,12,14-15H,2H2,1H3/t10-,12+/m0/s1. The molecule has 2 aromatic rings. The molecule has 17 heavy (non-hydrogen) atoms. The molecule has 1 aromatic heterocycles. The predicted molar refractivity (Wildman–Crippen MR) is 63.7 cm³/mol. The van der Waals surface area contributed by atoms with Gasteiger partial charge in [-0.2, -0.15) is 0 Å². The van der Waals surface area contributed by atoms with Crippen LogP contribution in [0.2, 0.25) is 0 Å². The summed E-state index contributed by atoms with van der Waals surface area (Å²) in [6, 6.07) is 8.55. The van der Waals surface area contributed by atoms with E-state index in [0.717, 1.165) is 0 Å². The van der Waals surface area contributed by atoms with Gasteiger partial charge in [0.1, 0.15) is 11.9 Å². The second-order valence-electron chi connectivity index (χ2n) is 3.94. The quantitative estimate of drug-likeness (QED) is 0.846. The van der Waals surface area contributed by atoms with Crippen molar-refractivity contribution in [2.24, 2.45) is 0 Å². The molecule has 0 aliphatic rings. The zero-order valence-corrected chi connectivity index (χ0v) is 9.46. The number of benzene rings is 1. The van der Waals surface area contributed by atoms with Gasteiger partial charge < -0.3 is 14.6 Å². The molecule has 4 heteroatoms. The molecular weight excluding hydrogens is 220 g/mol. The van der Waals surface area contributed by atoms with Gasteiger partial charge in [0.15, 0.2) is 0 Å². The lowest BCUT2D eigenvalue weighted by Crippen LogP contribution is -2.18. The summed E-state index contributed by atoms with van der Waals surface area (Å²) in [5.41, 5.74) is -0.500. The monoisotopic (exact) mass is 234 g/mol. The van der Waals surface area contributed by atoms with Crippen molar-refractivity contribution >= 4 is 10.8 Å². The molecule has 2 rings (SSSR count). The molecule has 0 aliphatic heterocycles. The van der Waals surface area contributed by atoms with Crippen molar-refractivity contribution < 1.29 is 14.6 Å². The highest BCUT2D eigenvalue weighted by atomic mass is 16.4. The van der Waals surface area contributed by atoms with Crippen LogP contribution in [0.15, 0.2) is 39.5 Å². The maximum absolute atomic E-state index is 11.7. The maximum Gasteiger partial charge on any atom is 0.343 e. The summed E-state index contributed by atoms with van der Waals surface area (Å²) >= 11 is 0. The first-order valence-electron chi connectivity index (χ1n) is 5.52. The van der Waals surface area contributed by atoms with E-state index in [0.29, 0.717) is 17.2 Å². The van der Waals surface area contributed by atoms with Crippen LogP contribution in [0.3, 0.4) is 0 Å². The number of hydrogen-bond donors (Lipinski definition) is 2. The van der Waals surface area contributed by atoms with Crippen molar-refractivity contribution in [3.8, 4) is 0 Å². The van der Waals surface area contributed by atoms with Crippen molar-refractivity contribution in [3.63, 3.8) is 0 Å². The van der Waals surface area contributed by atoms with Gasteiger partial charge in [-0.15, -0.1) is 0 Å². The van der Waals surface area contributed by atoms with E-state index in [4.69, 9.17) is 4.42 Å². The first-order chi connectivity index (χ1) is 8.13. The summed E-state index contributed by atoms with van der Waals surface area (Å²) in [4.78, 5) is 11.7. The zero-order chi connectivity index (χ0) is 12.4. The molecule has 0 bridgehead atoms. The van der Waals surface area contributed by atoms with E-state index in [2.05, 4.69) is 0 Å². The largest absolute Gasteiger partial charge is 0.425 e. The molecule has 0 amide bonds. The fourth-order valence-electron chi connectivity index (χ4n) is 1.71. The zero-order valence-electron chi connectivity index (χ0n) is 9.46. The van der Waals surface area contributed by atoms with E-state index in [9.17, 15) is 15.0 Å². The van der Waals surface area contributed by atoms with Crippen LogP contribution in [0.25, 0.3) is 10.8 Å². The highest BCUT2D eigenvalue weighted by molar-refractivity contribution is 5.81. The summed E-state index contributed by atoms with van der Waals surface area (Å²) in [5.74, 6) is 0.100. The minimum absolute atomic E-state index is 0.100. The Labute approximate surface area is 98.1 Å². The van der Waals surface area contributed by atoms with Crippen molar-refractivity contribution in [1.29, 1.82) is 0 Å². The summed E-state index contributed by atoms with van der Waals surface area (Å²) in [6.45, 7) is 1.74. The Hall–Kier alpha value is -1.65. The molecule has 1 aromatic carbocycles. The molecular formula is C13H14O4. The van der Waals surface area contributed by atoms with Crippen LogP contribution in [0.4, 0.5) is 0 Å². The number of aliphatic hydroxyl groups is 2. The third-order valence-corrected chi connectivity index (χ3v) is 2.76. The Morgan fingerprint density at radius 1 is 1.29 bits per heavy atom. The number of rotatable bonds is 3. The maximum atomic E-state index is 11.7. The molecule has 0 radical (unpaired) electrons. The molecule has 2 atom stereocenters. The van der Waals surface area contributed by atoms with Gasteiger partial charge in [-0.05, 0) is 23.9 Å². The van der Waals surface area contributed by atoms with Crippen LogP contribution in [0.1, 0.15) is 25.2 Å². The van der Waals surface area contributed by atoms with E-state index in [1.807, 2.05) is 0 Å². The molecule has 0 saturated heterocycles. The van der Waals surface area contributed by atoms with Gasteiger partial charge in [-0.25, -0.2) is 4.79 Å². The van der Waals surface area contributed by atoms with Crippen LogP contribution in [0.5, 0.6) is 0 Å². The lowest BCUT2D eigenvalue weighted by Gasteiger charge is -2.14. The third-order valence-electron chi connectivity index (χ3n) is 2.76. The molecule has 0 aliphatic carbocycles. The average molecular weight is 234 g/mol. The summed E-state index contributed by atoms with van der Waals surface area (Å²) in [7, 11) is 0. The normalized spacial score (nSPS) is 14.8. The van der Waals surface area contributed by atoms with Crippen molar-refractivity contribution in [2.75, 3.05) is 0 Å². The lowest BCUT2D eigenvalue weighted by molar-refractivity contribution is 0.00231. The van der Waals surface area contributed by atoms with E-state index < -0.39 is 17.8 Å². The third kappa shape index (κ3) is 2.23. The van der Waals surface area contributed by atoms with Crippen molar-refractivity contribution in [1.82, 2.24) is 0 Å². The average Bonchev–Trinajstić information content (AvgIpc) is 2.37. The molecule has 1 heterocycles. The molecule has 0 saturated carbocycles. The Kier molecular flexibility index (Phi) is 3.26. The van der Waals surface area contributed by atoms with Crippen LogP contribution < -0.4 is 5.63 Å². The molecule has 0 fully saturated rings. The minimum Gasteiger partial charge on any atom is -0.425 e. The van der Waals surface area contributed by atoms with Gasteiger partial charge in [-0.3, -0.25) is 0 Å². The van der Waals surface area contributed by atoms with Gasteiger partial charge in [0, 0.05) is 0 Å². The SMILES string of the molecule is CC[C@H](O)[C@@H](O)c1cc2ccccc2c(=O)o1. The highest BCUT2D eigenvalue weighted by Gasteiger charge is 2.20. The lowest BCUT2D eigenvalue weighted by atomic mass is 10.1. The van der Waals surface area contributed by atoms with Crippen LogP contribution in [0, 0.1) is 0 Å². The van der Waals surface area contributed by atoms with Crippen molar-refractivity contribution in [3.05, 3.63) is 46.5 Å². The Balaban J connectivity index is 2.54. The van der Waals surface area contributed by atoms with Gasteiger partial charge >= 0.3 is 5.63 Å². The Bertz CT molecular complexity index is 573. The van der Waals surface area contributed by atoms with Crippen LogP contribution in [-0.4, -0.2) is 16.3 Å². The van der Waals surface area contributed by atoms with Crippen molar-refractivity contribution in [2.45, 2.75) is 25.6 Å². The smallest absolute Gasteiger partial charge is 0.343 e. The number of hydrogen-bond acceptors (Lipinski definition) is 4. The van der Waals surface area contributed by atoms with E-state index in [1.54, 1.807) is 37.3 Å². The van der Waals surface area contributed by atoms with Gasteiger partial charge in [0.25, 0.3) is 0 Å². The fourth-order valence-corrected chi connectivity index (χ4v) is 1.71. The molecule has 4 nitrogen and oxygen atoms in total. The van der Waals surface area contributed by atoms with E-state index in [1.165, 1.54) is 0 Å². The second-order valence-corrected chi connectivity index (χ2v) is 3.94. The second kappa shape index (κ2) is 4.69. The van der Waals surface area contributed by atoms with Crippen LogP contribution >= 0.6 is 0 Å². The molecule has 90 valence electrons. The first kappa shape index (κ1) is 11.8. The molecule has 0 spiro atoms. The van der Waals surface area contributed by atoms with E-state index >= 15 is 0 Å².